The van der Waals surface area contributed by atoms with Crippen molar-refractivity contribution in [1.29, 1.82) is 0 Å². The lowest BCUT2D eigenvalue weighted by atomic mass is 9.75. The van der Waals surface area contributed by atoms with E-state index < -0.39 is 5.41 Å². The van der Waals surface area contributed by atoms with Gasteiger partial charge in [0.1, 0.15) is 0 Å². The Kier molecular flexibility index (Phi) is 8.47. The van der Waals surface area contributed by atoms with Gasteiger partial charge in [0.05, 0.1) is 25.0 Å². The molecule has 0 radical (unpaired) electrons. The number of ether oxygens (including phenoxy) is 2. The lowest BCUT2D eigenvalue weighted by molar-refractivity contribution is -0.167. The molecule has 0 saturated carbocycles. The molecule has 0 heterocycles. The minimum atomic E-state index is -0.797. The fraction of sp³-hybridized carbons (Fsp3) is 0.900. The first-order chi connectivity index (χ1) is 10.7. The average molecular weight is 343 g/mol. The smallest absolute Gasteiger partial charge is 0.312 e. The Bertz CT molecular complexity index is 412. The van der Waals surface area contributed by atoms with Crippen LogP contribution >= 0.6 is 0 Å². The van der Waals surface area contributed by atoms with Crippen molar-refractivity contribution < 1.29 is 19.1 Å². The Morgan fingerprint density at radius 2 is 1.33 bits per heavy atom. The molecule has 0 fully saturated rings. The molecule has 0 aromatic rings. The van der Waals surface area contributed by atoms with Crippen molar-refractivity contribution in [3.05, 3.63) is 0 Å². The normalized spacial score (nSPS) is 15.1. The quantitative estimate of drug-likeness (QED) is 0.583. The van der Waals surface area contributed by atoms with Gasteiger partial charge in [-0.2, -0.15) is 0 Å². The monoisotopic (exact) mass is 342 g/mol. The third-order valence-corrected chi connectivity index (χ3v) is 3.69. The summed E-state index contributed by atoms with van der Waals surface area (Å²) in [7, 11) is 0. The van der Waals surface area contributed by atoms with Gasteiger partial charge in [-0.15, -0.1) is 0 Å². The van der Waals surface area contributed by atoms with Crippen molar-refractivity contribution in [2.24, 2.45) is 22.2 Å². The van der Waals surface area contributed by atoms with E-state index in [2.05, 4.69) is 13.8 Å². The molecule has 0 amide bonds. The Labute approximate surface area is 148 Å². The molecule has 24 heavy (non-hydrogen) atoms. The average Bonchev–Trinajstić information content (AvgIpc) is 2.39. The topological polar surface area (TPSA) is 52.6 Å². The summed E-state index contributed by atoms with van der Waals surface area (Å²) in [5.74, 6) is -0.302. The third-order valence-electron chi connectivity index (χ3n) is 3.69. The van der Waals surface area contributed by atoms with E-state index >= 15 is 0 Å². The maximum absolute atomic E-state index is 12.8. The van der Waals surface area contributed by atoms with Crippen LogP contribution in [0.15, 0.2) is 0 Å². The first kappa shape index (κ1) is 22.9. The summed E-state index contributed by atoms with van der Waals surface area (Å²) in [5, 5.41) is 0. The van der Waals surface area contributed by atoms with E-state index in [9.17, 15) is 9.59 Å². The Morgan fingerprint density at radius 3 is 1.71 bits per heavy atom. The summed E-state index contributed by atoms with van der Waals surface area (Å²) in [6.07, 6.45) is 1.27. The number of hydrogen-bond donors (Lipinski definition) is 0. The van der Waals surface area contributed by atoms with Gasteiger partial charge in [-0.25, -0.2) is 0 Å². The largest absolute Gasteiger partial charge is 0.465 e. The molecule has 0 N–H and O–H groups in total. The van der Waals surface area contributed by atoms with Gasteiger partial charge in [-0.3, -0.25) is 9.59 Å². The molecule has 0 aliphatic heterocycles. The second kappa shape index (κ2) is 8.87. The van der Waals surface area contributed by atoms with Crippen molar-refractivity contribution in [1.82, 2.24) is 0 Å². The third kappa shape index (κ3) is 9.29. The summed E-state index contributed by atoms with van der Waals surface area (Å²) in [6.45, 7) is 18.9. The highest BCUT2D eigenvalue weighted by molar-refractivity contribution is 5.83. The van der Waals surface area contributed by atoms with E-state index in [-0.39, 0.29) is 29.2 Å². The van der Waals surface area contributed by atoms with Crippen LogP contribution in [0.1, 0.15) is 81.6 Å². The van der Waals surface area contributed by atoms with Crippen molar-refractivity contribution in [2.75, 3.05) is 13.2 Å². The van der Waals surface area contributed by atoms with Crippen molar-refractivity contribution >= 4 is 11.9 Å². The SMILES string of the molecule is CCC(CC(=O)OCC(C)(C)C)(CC(C)C)C(=O)OCC(C)(C)C. The maximum Gasteiger partial charge on any atom is 0.312 e. The summed E-state index contributed by atoms with van der Waals surface area (Å²) in [5.41, 5.74) is -0.983. The van der Waals surface area contributed by atoms with Crippen LogP contribution in [-0.4, -0.2) is 25.2 Å². The molecule has 0 aromatic carbocycles. The minimum Gasteiger partial charge on any atom is -0.465 e. The summed E-state index contributed by atoms with van der Waals surface area (Å²) in [6, 6.07) is 0. The van der Waals surface area contributed by atoms with Gasteiger partial charge in [-0.05, 0) is 29.6 Å². The molecule has 0 aliphatic rings. The highest BCUT2D eigenvalue weighted by Crippen LogP contribution is 2.37. The van der Waals surface area contributed by atoms with Crippen LogP contribution in [0.3, 0.4) is 0 Å². The number of esters is 2. The van der Waals surface area contributed by atoms with E-state index in [0.717, 1.165) is 0 Å². The van der Waals surface area contributed by atoms with Gasteiger partial charge in [0.2, 0.25) is 0 Å². The van der Waals surface area contributed by atoms with Gasteiger partial charge >= 0.3 is 11.9 Å². The van der Waals surface area contributed by atoms with Gasteiger partial charge in [0.15, 0.2) is 0 Å². The number of carbonyl (C=O) groups excluding carboxylic acids is 2. The van der Waals surface area contributed by atoms with E-state index in [0.29, 0.717) is 32.0 Å². The highest BCUT2D eigenvalue weighted by atomic mass is 16.5. The maximum atomic E-state index is 12.8. The molecule has 0 saturated heterocycles. The van der Waals surface area contributed by atoms with Crippen LogP contribution in [0.25, 0.3) is 0 Å². The lowest BCUT2D eigenvalue weighted by Crippen LogP contribution is -2.38. The van der Waals surface area contributed by atoms with Crippen molar-refractivity contribution in [3.8, 4) is 0 Å². The zero-order chi connectivity index (χ0) is 19.2. The van der Waals surface area contributed by atoms with Crippen molar-refractivity contribution in [2.45, 2.75) is 81.6 Å². The predicted octanol–water partition coefficient (Wildman–Crippen LogP) is 5.00. The summed E-state index contributed by atoms with van der Waals surface area (Å²) < 4.78 is 11.0. The van der Waals surface area contributed by atoms with Crippen LogP contribution < -0.4 is 0 Å². The van der Waals surface area contributed by atoms with Crippen LogP contribution in [-0.2, 0) is 19.1 Å². The highest BCUT2D eigenvalue weighted by Gasteiger charge is 2.42. The van der Waals surface area contributed by atoms with Crippen molar-refractivity contribution in [3.63, 3.8) is 0 Å². The van der Waals surface area contributed by atoms with Gasteiger partial charge in [0.25, 0.3) is 0 Å². The first-order valence-corrected chi connectivity index (χ1v) is 9.04. The fourth-order valence-corrected chi connectivity index (χ4v) is 2.48. The zero-order valence-corrected chi connectivity index (χ0v) is 17.2. The van der Waals surface area contributed by atoms with Crippen LogP contribution in [0, 0.1) is 22.2 Å². The molecule has 142 valence electrons. The Morgan fingerprint density at radius 1 is 0.875 bits per heavy atom. The molecule has 4 nitrogen and oxygen atoms in total. The molecule has 0 aromatic heterocycles. The molecule has 0 spiro atoms. The van der Waals surface area contributed by atoms with Gasteiger partial charge < -0.3 is 9.47 Å². The Balaban J connectivity index is 5.12. The van der Waals surface area contributed by atoms with E-state index in [1.54, 1.807) is 0 Å². The molecule has 0 bridgehead atoms. The summed E-state index contributed by atoms with van der Waals surface area (Å²) >= 11 is 0. The Hall–Kier alpha value is -1.06. The number of carbonyl (C=O) groups is 2. The van der Waals surface area contributed by atoms with Crippen LogP contribution in [0.4, 0.5) is 0 Å². The number of rotatable bonds is 8. The van der Waals surface area contributed by atoms with E-state index in [1.807, 2.05) is 48.5 Å². The molecule has 1 atom stereocenters. The van der Waals surface area contributed by atoms with Gasteiger partial charge in [-0.1, -0.05) is 62.3 Å². The number of hydrogen-bond acceptors (Lipinski definition) is 4. The van der Waals surface area contributed by atoms with E-state index in [1.165, 1.54) is 0 Å². The van der Waals surface area contributed by atoms with Crippen LogP contribution in [0.5, 0.6) is 0 Å². The van der Waals surface area contributed by atoms with Crippen LogP contribution in [0.2, 0.25) is 0 Å². The van der Waals surface area contributed by atoms with E-state index in [4.69, 9.17) is 9.47 Å². The minimum absolute atomic E-state index is 0.0841. The second-order valence-corrected chi connectivity index (χ2v) is 9.77. The molecular formula is C20H38O4. The zero-order valence-electron chi connectivity index (χ0n) is 17.2. The standard InChI is InChI=1S/C20H38O4/c1-10-20(11-15(2)3,17(22)24-14-19(7,8)9)12-16(21)23-13-18(4,5)6/h15H,10-14H2,1-9H3. The molecule has 1 unspecified atom stereocenters. The molecular weight excluding hydrogens is 304 g/mol. The molecule has 0 aliphatic carbocycles. The first-order valence-electron chi connectivity index (χ1n) is 9.04. The predicted molar refractivity (Wildman–Crippen MR) is 97.6 cm³/mol. The summed E-state index contributed by atoms with van der Waals surface area (Å²) in [4.78, 5) is 25.1. The van der Waals surface area contributed by atoms with Gasteiger partial charge in [0, 0.05) is 0 Å². The molecule has 0 rings (SSSR count). The fourth-order valence-electron chi connectivity index (χ4n) is 2.48. The molecule has 4 heteroatoms. The second-order valence-electron chi connectivity index (χ2n) is 9.77. The lowest BCUT2D eigenvalue weighted by Gasteiger charge is -2.32.